The molecule has 0 atom stereocenters. The lowest BCUT2D eigenvalue weighted by Gasteiger charge is -2.21. The van der Waals surface area contributed by atoms with Crippen molar-refractivity contribution in [2.45, 2.75) is 20.0 Å². The number of alkyl halides is 3. The summed E-state index contributed by atoms with van der Waals surface area (Å²) in [6, 6.07) is 37.0. The third-order valence-electron chi connectivity index (χ3n) is 9.24. The normalized spacial score (nSPS) is 11.8. The smallest absolute Gasteiger partial charge is 0.308 e. The molecule has 0 aliphatic rings. The maximum absolute atomic E-state index is 14.7. The largest absolute Gasteiger partial charge is 0.415 e. The fraction of sp³-hybridized carbons (Fsp3) is 0.0732. The number of aromatic nitrogens is 2. The van der Waals surface area contributed by atoms with Crippen molar-refractivity contribution in [3.8, 4) is 28.6 Å². The van der Waals surface area contributed by atoms with Gasteiger partial charge in [-0.2, -0.15) is 18.4 Å². The van der Waals surface area contributed by atoms with Gasteiger partial charge in [-0.1, -0.05) is 91.0 Å². The molecule has 4 nitrogen and oxygen atoms in total. The van der Waals surface area contributed by atoms with E-state index in [9.17, 15) is 18.4 Å². The Morgan fingerprint density at radius 1 is 0.646 bits per heavy atom. The minimum Gasteiger partial charge on any atom is -0.308 e. The van der Waals surface area contributed by atoms with Gasteiger partial charge in [-0.05, 0) is 60.4 Å². The van der Waals surface area contributed by atoms with Crippen LogP contribution in [0.15, 0.2) is 115 Å². The Labute approximate surface area is 273 Å². The van der Waals surface area contributed by atoms with Gasteiger partial charge in [-0.15, -0.1) is 0 Å². The standard InChI is InChI=1S/C41H25F3N4/c1-24-11-8-15-29-27-13-4-6-19-34(27)47(39(24)29)36-21-26(38-32(41(42,43)44)17-10-18-33(38)46-3)22-37(31(36)23-45)48-35-20-7-5-14-28(35)30-16-9-12-25(2)40(30)48/h4-22H,1-2H3. The number of hydrogen-bond acceptors (Lipinski definition) is 1. The average molecular weight is 631 g/mol. The molecule has 0 aliphatic heterocycles. The highest BCUT2D eigenvalue weighted by Crippen LogP contribution is 2.46. The second kappa shape index (κ2) is 10.6. The van der Waals surface area contributed by atoms with Gasteiger partial charge >= 0.3 is 6.18 Å². The van der Waals surface area contributed by atoms with Gasteiger partial charge in [0.25, 0.3) is 0 Å². The second-order valence-corrected chi connectivity index (χ2v) is 12.0. The first kappa shape index (κ1) is 29.1. The van der Waals surface area contributed by atoms with Crippen LogP contribution in [0.5, 0.6) is 0 Å². The van der Waals surface area contributed by atoms with Crippen LogP contribution in [0.4, 0.5) is 18.9 Å². The monoisotopic (exact) mass is 630 g/mol. The van der Waals surface area contributed by atoms with Crippen LogP contribution in [-0.4, -0.2) is 9.13 Å². The Hall–Kier alpha value is -6.31. The Bertz CT molecular complexity index is 2570. The van der Waals surface area contributed by atoms with Crippen molar-refractivity contribution in [2.24, 2.45) is 0 Å². The molecular formula is C41H25F3N4. The number of fused-ring (bicyclic) bond motifs is 6. The molecule has 7 heteroatoms. The Balaban J connectivity index is 1.63. The van der Waals surface area contributed by atoms with Gasteiger partial charge in [-0.3, -0.25) is 0 Å². The molecule has 0 N–H and O–H groups in total. The SMILES string of the molecule is [C-]#[N+]c1cccc(C(F)(F)F)c1-c1cc(-n2c3ccccc3c3cccc(C)c32)c(C#N)c(-n2c3ccccc3c3cccc(C)c32)c1. The summed E-state index contributed by atoms with van der Waals surface area (Å²) >= 11 is 0. The van der Waals surface area contributed by atoms with E-state index in [1.807, 2.05) is 108 Å². The van der Waals surface area contributed by atoms with E-state index in [0.717, 1.165) is 60.8 Å². The summed E-state index contributed by atoms with van der Waals surface area (Å²) in [4.78, 5) is 3.55. The molecule has 0 unspecified atom stereocenters. The molecule has 0 radical (unpaired) electrons. The van der Waals surface area contributed by atoms with Gasteiger partial charge in [0.15, 0.2) is 5.69 Å². The molecule has 0 bridgehead atoms. The van der Waals surface area contributed by atoms with Crippen LogP contribution in [0.2, 0.25) is 0 Å². The predicted octanol–water partition coefficient (Wildman–Crippen LogP) is 11.6. The maximum atomic E-state index is 14.7. The zero-order valence-electron chi connectivity index (χ0n) is 25.9. The second-order valence-electron chi connectivity index (χ2n) is 12.0. The summed E-state index contributed by atoms with van der Waals surface area (Å²) in [5.74, 6) is 0. The van der Waals surface area contributed by atoms with Crippen LogP contribution >= 0.6 is 0 Å². The first-order valence-electron chi connectivity index (χ1n) is 15.4. The third kappa shape index (κ3) is 4.15. The molecule has 6 aromatic carbocycles. The summed E-state index contributed by atoms with van der Waals surface area (Å²) in [5.41, 5.74) is 5.33. The van der Waals surface area contributed by atoms with Gasteiger partial charge in [0, 0.05) is 21.5 Å². The lowest BCUT2D eigenvalue weighted by atomic mass is 9.94. The molecule has 0 aliphatic carbocycles. The molecule has 8 rings (SSSR count). The van der Waals surface area contributed by atoms with Crippen LogP contribution in [0.3, 0.4) is 0 Å². The number of halogens is 3. The molecule has 0 spiro atoms. The van der Waals surface area contributed by atoms with Crippen molar-refractivity contribution in [2.75, 3.05) is 0 Å². The summed E-state index contributed by atoms with van der Waals surface area (Å²) in [5, 5.41) is 14.9. The number of rotatable bonds is 3. The molecule has 0 amide bonds. The lowest BCUT2D eigenvalue weighted by molar-refractivity contribution is -0.137. The van der Waals surface area contributed by atoms with Gasteiger partial charge < -0.3 is 9.13 Å². The van der Waals surface area contributed by atoms with Crippen molar-refractivity contribution >= 4 is 49.3 Å². The van der Waals surface area contributed by atoms with Gasteiger partial charge in [0.2, 0.25) is 0 Å². The van der Waals surface area contributed by atoms with Crippen LogP contribution in [0, 0.1) is 31.8 Å². The van der Waals surface area contributed by atoms with Crippen molar-refractivity contribution in [1.29, 1.82) is 5.26 Å². The molecule has 0 saturated heterocycles. The fourth-order valence-electron chi connectivity index (χ4n) is 7.28. The average Bonchev–Trinajstić information content (AvgIpc) is 3.62. The van der Waals surface area contributed by atoms with Gasteiger partial charge in [0.05, 0.1) is 45.6 Å². The van der Waals surface area contributed by atoms with Gasteiger partial charge in [0.1, 0.15) is 11.6 Å². The summed E-state index contributed by atoms with van der Waals surface area (Å²) in [7, 11) is 0. The maximum Gasteiger partial charge on any atom is 0.415 e. The molecule has 8 aromatic rings. The molecule has 230 valence electrons. The lowest BCUT2D eigenvalue weighted by Crippen LogP contribution is -2.09. The Morgan fingerprint density at radius 3 is 1.60 bits per heavy atom. The number of benzene rings is 6. The first-order chi connectivity index (χ1) is 23.2. The summed E-state index contributed by atoms with van der Waals surface area (Å²) in [6.45, 7) is 11.9. The number of nitriles is 1. The van der Waals surface area contributed by atoms with Crippen molar-refractivity contribution in [3.63, 3.8) is 0 Å². The van der Waals surface area contributed by atoms with E-state index in [1.165, 1.54) is 12.1 Å². The highest BCUT2D eigenvalue weighted by Gasteiger charge is 2.35. The topological polar surface area (TPSA) is 38.0 Å². The van der Waals surface area contributed by atoms with Crippen molar-refractivity contribution in [3.05, 3.63) is 149 Å². The van der Waals surface area contributed by atoms with Crippen LogP contribution in [0.25, 0.3) is 71.0 Å². The van der Waals surface area contributed by atoms with E-state index in [0.29, 0.717) is 16.9 Å². The molecule has 2 aromatic heterocycles. The van der Waals surface area contributed by atoms with E-state index >= 15 is 0 Å². The van der Waals surface area contributed by atoms with E-state index in [4.69, 9.17) is 6.57 Å². The van der Waals surface area contributed by atoms with E-state index in [2.05, 4.69) is 10.9 Å². The van der Waals surface area contributed by atoms with E-state index in [1.54, 1.807) is 12.1 Å². The van der Waals surface area contributed by atoms with Gasteiger partial charge in [-0.25, -0.2) is 4.85 Å². The number of nitrogens with zero attached hydrogens (tertiary/aromatic N) is 4. The van der Waals surface area contributed by atoms with Crippen LogP contribution in [0.1, 0.15) is 22.3 Å². The van der Waals surface area contributed by atoms with Crippen molar-refractivity contribution < 1.29 is 13.2 Å². The zero-order valence-corrected chi connectivity index (χ0v) is 25.9. The fourth-order valence-corrected chi connectivity index (χ4v) is 7.28. The highest BCUT2D eigenvalue weighted by molar-refractivity contribution is 6.12. The molecule has 48 heavy (non-hydrogen) atoms. The summed E-state index contributed by atoms with van der Waals surface area (Å²) < 4.78 is 48.1. The Kier molecular flexibility index (Phi) is 6.44. The van der Waals surface area contributed by atoms with E-state index < -0.39 is 11.7 Å². The number of aryl methyl sites for hydroxylation is 2. The third-order valence-corrected chi connectivity index (χ3v) is 9.24. The number of para-hydroxylation sites is 4. The molecule has 0 fully saturated rings. The Morgan fingerprint density at radius 2 is 1.12 bits per heavy atom. The van der Waals surface area contributed by atoms with Crippen LogP contribution in [-0.2, 0) is 6.18 Å². The minimum atomic E-state index is -4.73. The highest BCUT2D eigenvalue weighted by atomic mass is 19.4. The number of hydrogen-bond donors (Lipinski definition) is 0. The minimum absolute atomic E-state index is 0.122. The van der Waals surface area contributed by atoms with E-state index in [-0.39, 0.29) is 16.8 Å². The quantitative estimate of drug-likeness (QED) is 0.179. The summed E-state index contributed by atoms with van der Waals surface area (Å²) in [6.07, 6.45) is -4.73. The molecule has 2 heterocycles. The predicted molar refractivity (Wildman–Crippen MR) is 186 cm³/mol. The first-order valence-corrected chi connectivity index (χ1v) is 15.4. The van der Waals surface area contributed by atoms with Crippen molar-refractivity contribution in [1.82, 2.24) is 9.13 Å². The van der Waals surface area contributed by atoms with Crippen LogP contribution < -0.4 is 0 Å². The molecule has 0 saturated carbocycles. The molecular weight excluding hydrogens is 605 g/mol. The zero-order chi connectivity index (χ0) is 33.3.